The standard InChI is InChI=1S/C14H9FN2O2/c15-10-3-1-2-9(7-18)13(10)8-4-5-11-12(6-8)17-14(19)16-11/h1-8H,(H,17,19). The number of carbonyl (C=O) groups excluding carboxylic acids is 2. The molecule has 1 aromatic carbocycles. The Balaban J connectivity index is 2.06. The molecule has 1 N–H and O–H groups in total. The van der Waals surface area contributed by atoms with Gasteiger partial charge in [0, 0.05) is 17.0 Å². The zero-order valence-electron chi connectivity index (χ0n) is 9.76. The Morgan fingerprint density at radius 1 is 1.37 bits per heavy atom. The van der Waals surface area contributed by atoms with Gasteiger partial charge < -0.3 is 5.32 Å². The highest BCUT2D eigenvalue weighted by molar-refractivity contribution is 6.19. The van der Waals surface area contributed by atoms with Gasteiger partial charge in [-0.25, -0.2) is 9.18 Å². The number of urea groups is 1. The van der Waals surface area contributed by atoms with Crippen LogP contribution in [0.1, 0.15) is 21.8 Å². The summed E-state index contributed by atoms with van der Waals surface area (Å²) < 4.78 is 13.9. The highest BCUT2D eigenvalue weighted by Crippen LogP contribution is 2.29. The second kappa shape index (κ2) is 4.28. The molecular weight excluding hydrogens is 247 g/mol. The zero-order chi connectivity index (χ0) is 13.4. The first-order valence-corrected chi connectivity index (χ1v) is 5.72. The minimum absolute atomic E-state index is 0.302. The summed E-state index contributed by atoms with van der Waals surface area (Å²) in [6.07, 6.45) is 5.68. The second-order valence-corrected chi connectivity index (χ2v) is 4.25. The summed E-state index contributed by atoms with van der Waals surface area (Å²) in [5, 5.41) is 2.57. The normalized spacial score (nSPS) is 20.5. The highest BCUT2D eigenvalue weighted by Gasteiger charge is 2.25. The van der Waals surface area contributed by atoms with Crippen LogP contribution < -0.4 is 5.32 Å². The van der Waals surface area contributed by atoms with E-state index in [4.69, 9.17) is 0 Å². The van der Waals surface area contributed by atoms with Crippen LogP contribution in [0.4, 0.5) is 9.18 Å². The van der Waals surface area contributed by atoms with E-state index in [1.54, 1.807) is 24.3 Å². The summed E-state index contributed by atoms with van der Waals surface area (Å²) in [5.74, 6) is -0.838. The molecule has 1 aliphatic carbocycles. The number of aldehydes is 1. The molecule has 94 valence electrons. The topological polar surface area (TPSA) is 58.5 Å². The van der Waals surface area contributed by atoms with Gasteiger partial charge in [0.15, 0.2) is 0 Å². The van der Waals surface area contributed by atoms with Crippen LogP contribution in [0.25, 0.3) is 0 Å². The van der Waals surface area contributed by atoms with Crippen molar-refractivity contribution in [2.24, 2.45) is 4.99 Å². The molecule has 0 saturated heterocycles. The maximum absolute atomic E-state index is 13.9. The fourth-order valence-corrected chi connectivity index (χ4v) is 2.25. The minimum Gasteiger partial charge on any atom is -0.304 e. The van der Waals surface area contributed by atoms with Crippen molar-refractivity contribution in [3.05, 3.63) is 59.1 Å². The number of amides is 2. The van der Waals surface area contributed by atoms with Crippen LogP contribution in [0.3, 0.4) is 0 Å². The van der Waals surface area contributed by atoms with Gasteiger partial charge in [0.1, 0.15) is 12.1 Å². The van der Waals surface area contributed by atoms with Crippen molar-refractivity contribution in [2.45, 2.75) is 5.92 Å². The van der Waals surface area contributed by atoms with E-state index in [0.29, 0.717) is 28.8 Å². The number of hydrogen-bond acceptors (Lipinski definition) is 2. The van der Waals surface area contributed by atoms with Crippen molar-refractivity contribution in [3.63, 3.8) is 0 Å². The summed E-state index contributed by atoms with van der Waals surface area (Å²) in [5.41, 5.74) is 1.69. The van der Waals surface area contributed by atoms with E-state index in [0.717, 1.165) is 0 Å². The van der Waals surface area contributed by atoms with Crippen LogP contribution in [0.15, 0.2) is 47.1 Å². The van der Waals surface area contributed by atoms with E-state index in [9.17, 15) is 14.0 Å². The van der Waals surface area contributed by atoms with Gasteiger partial charge in [-0.15, -0.1) is 0 Å². The van der Waals surface area contributed by atoms with Gasteiger partial charge in [0.2, 0.25) is 0 Å². The molecule has 2 amide bonds. The third-order valence-corrected chi connectivity index (χ3v) is 3.09. The van der Waals surface area contributed by atoms with Gasteiger partial charge in [0.25, 0.3) is 0 Å². The Bertz CT molecular complexity index is 674. The monoisotopic (exact) mass is 256 g/mol. The predicted molar refractivity (Wildman–Crippen MR) is 67.7 cm³/mol. The number of halogens is 1. The first-order valence-electron chi connectivity index (χ1n) is 5.72. The van der Waals surface area contributed by atoms with Crippen LogP contribution in [0.5, 0.6) is 0 Å². The number of rotatable bonds is 2. The predicted octanol–water partition coefficient (Wildman–Crippen LogP) is 2.34. The van der Waals surface area contributed by atoms with Crippen molar-refractivity contribution in [3.8, 4) is 0 Å². The molecule has 19 heavy (non-hydrogen) atoms. The lowest BCUT2D eigenvalue weighted by molar-refractivity contribution is 0.112. The van der Waals surface area contributed by atoms with Gasteiger partial charge in [-0.3, -0.25) is 4.79 Å². The molecule has 0 saturated carbocycles. The summed E-state index contributed by atoms with van der Waals surface area (Å²) in [4.78, 5) is 25.9. The number of nitrogens with one attached hydrogen (secondary N) is 1. The van der Waals surface area contributed by atoms with E-state index in [1.165, 1.54) is 12.1 Å². The molecule has 0 aromatic heterocycles. The summed E-state index contributed by atoms with van der Waals surface area (Å²) in [6, 6.07) is 3.93. The maximum atomic E-state index is 13.9. The minimum atomic E-state index is -0.444. The van der Waals surface area contributed by atoms with Crippen LogP contribution in [0, 0.1) is 5.82 Å². The number of nitrogens with zero attached hydrogens (tertiary/aromatic N) is 1. The number of carbonyl (C=O) groups is 2. The smallest absolute Gasteiger partial charge is 0.304 e. The van der Waals surface area contributed by atoms with Crippen LogP contribution in [-0.2, 0) is 0 Å². The lowest BCUT2D eigenvalue weighted by Gasteiger charge is -2.16. The van der Waals surface area contributed by atoms with Crippen molar-refractivity contribution < 1.29 is 14.0 Å². The average Bonchev–Trinajstić information content (AvgIpc) is 2.77. The van der Waals surface area contributed by atoms with Gasteiger partial charge >= 0.3 is 6.03 Å². The maximum Gasteiger partial charge on any atom is 0.346 e. The molecule has 3 rings (SSSR count). The van der Waals surface area contributed by atoms with E-state index in [2.05, 4.69) is 10.3 Å². The van der Waals surface area contributed by atoms with Gasteiger partial charge in [0.05, 0.1) is 11.4 Å². The summed E-state index contributed by atoms with van der Waals surface area (Å²) in [7, 11) is 0. The summed E-state index contributed by atoms with van der Waals surface area (Å²) in [6.45, 7) is 0. The number of hydrogen-bond donors (Lipinski definition) is 1. The molecule has 4 nitrogen and oxygen atoms in total. The third-order valence-electron chi connectivity index (χ3n) is 3.09. The Labute approximate surface area is 108 Å². The van der Waals surface area contributed by atoms with Crippen LogP contribution >= 0.6 is 0 Å². The fourth-order valence-electron chi connectivity index (χ4n) is 2.25. The molecule has 1 heterocycles. The Morgan fingerprint density at radius 3 is 3.00 bits per heavy atom. The molecular formula is C14H9FN2O2. The number of benzene rings is 1. The van der Waals surface area contributed by atoms with Gasteiger partial charge in [-0.05, 0) is 18.2 Å². The van der Waals surface area contributed by atoms with Gasteiger partial charge in [-0.2, -0.15) is 4.99 Å². The lowest BCUT2D eigenvalue weighted by Crippen LogP contribution is -2.17. The fraction of sp³-hybridized carbons (Fsp3) is 0.0714. The quantitative estimate of drug-likeness (QED) is 0.825. The van der Waals surface area contributed by atoms with E-state index >= 15 is 0 Å². The van der Waals surface area contributed by atoms with E-state index in [1.807, 2.05) is 0 Å². The molecule has 0 spiro atoms. The Kier molecular flexibility index (Phi) is 2.59. The molecule has 5 heteroatoms. The van der Waals surface area contributed by atoms with Crippen LogP contribution in [0.2, 0.25) is 0 Å². The zero-order valence-corrected chi connectivity index (χ0v) is 9.76. The molecule has 1 unspecified atom stereocenters. The third kappa shape index (κ3) is 1.89. The molecule has 1 atom stereocenters. The molecule has 0 bridgehead atoms. The largest absolute Gasteiger partial charge is 0.346 e. The molecule has 0 fully saturated rings. The second-order valence-electron chi connectivity index (χ2n) is 4.25. The van der Waals surface area contributed by atoms with Crippen molar-refractivity contribution in [2.75, 3.05) is 0 Å². The molecule has 2 aliphatic rings. The SMILES string of the molecule is O=Cc1cccc(F)c1C1C=CC2=NC(=O)NC2=C1. The lowest BCUT2D eigenvalue weighted by atomic mass is 9.89. The van der Waals surface area contributed by atoms with E-state index < -0.39 is 17.8 Å². The average molecular weight is 256 g/mol. The Morgan fingerprint density at radius 2 is 2.21 bits per heavy atom. The molecule has 1 aliphatic heterocycles. The first kappa shape index (κ1) is 11.5. The number of allylic oxidation sites excluding steroid dienone is 3. The molecule has 1 aromatic rings. The van der Waals surface area contributed by atoms with Crippen molar-refractivity contribution in [1.82, 2.24) is 5.32 Å². The van der Waals surface area contributed by atoms with Gasteiger partial charge in [-0.1, -0.05) is 18.2 Å². The Hall–Kier alpha value is -2.56. The van der Waals surface area contributed by atoms with Crippen LogP contribution in [-0.4, -0.2) is 18.0 Å². The number of fused-ring (bicyclic) bond motifs is 1. The molecule has 0 radical (unpaired) electrons. The highest BCUT2D eigenvalue weighted by atomic mass is 19.1. The first-order chi connectivity index (χ1) is 9.19. The van der Waals surface area contributed by atoms with E-state index in [-0.39, 0.29) is 0 Å². The summed E-state index contributed by atoms with van der Waals surface area (Å²) >= 11 is 0. The van der Waals surface area contributed by atoms with Crippen molar-refractivity contribution >= 4 is 18.0 Å². The number of aliphatic imine (C=N–C) groups is 1. The van der Waals surface area contributed by atoms with Crippen molar-refractivity contribution in [1.29, 1.82) is 0 Å².